The molecule has 0 bridgehead atoms. The van der Waals surface area contributed by atoms with Crippen molar-refractivity contribution in [1.82, 2.24) is 0 Å². The lowest BCUT2D eigenvalue weighted by Crippen LogP contribution is -2.34. The van der Waals surface area contributed by atoms with Gasteiger partial charge in [0, 0.05) is 41.0 Å². The number of hydrogen-bond donors (Lipinski definition) is 1. The van der Waals surface area contributed by atoms with Crippen molar-refractivity contribution in [2.24, 2.45) is 10.2 Å². The molecule has 0 saturated heterocycles. The van der Waals surface area contributed by atoms with Crippen LogP contribution in [0.4, 0.5) is 5.69 Å². The Labute approximate surface area is 176 Å². The van der Waals surface area contributed by atoms with E-state index in [2.05, 4.69) is 57.6 Å². The highest BCUT2D eigenvalue weighted by molar-refractivity contribution is 6.24. The first kappa shape index (κ1) is 17.5. The summed E-state index contributed by atoms with van der Waals surface area (Å²) >= 11 is 0. The van der Waals surface area contributed by atoms with Gasteiger partial charge < -0.3 is 10.0 Å². The van der Waals surface area contributed by atoms with Gasteiger partial charge in [-0.1, -0.05) is 48.5 Å². The molecule has 4 nitrogen and oxygen atoms in total. The third kappa shape index (κ3) is 2.60. The molecule has 0 unspecified atom stereocenters. The van der Waals surface area contributed by atoms with Crippen molar-refractivity contribution in [1.29, 1.82) is 0 Å². The fraction of sp³-hybridized carbons (Fsp3) is 0.231. The molecule has 0 fully saturated rings. The summed E-state index contributed by atoms with van der Waals surface area (Å²) in [5, 5.41) is 20.0. The zero-order chi connectivity index (χ0) is 20.1. The quantitative estimate of drug-likeness (QED) is 0.387. The Balaban J connectivity index is 1.41. The molecule has 6 rings (SSSR count). The summed E-state index contributed by atoms with van der Waals surface area (Å²) in [6.45, 7) is 2.19. The lowest BCUT2D eigenvalue weighted by Gasteiger charge is -2.37. The van der Waals surface area contributed by atoms with Gasteiger partial charge in [0.05, 0.1) is 6.21 Å². The SMILES string of the molecule is Oc1c(/C=N/N=C2c3ccccc3-c3ccccc32)cc2c3c1CCCN3CCC2. The van der Waals surface area contributed by atoms with Crippen LogP contribution >= 0.6 is 0 Å². The number of hydrogen-bond acceptors (Lipinski definition) is 4. The number of fused-ring (bicyclic) bond motifs is 3. The van der Waals surface area contributed by atoms with Crippen molar-refractivity contribution >= 4 is 17.6 Å². The minimum Gasteiger partial charge on any atom is -0.507 e. The van der Waals surface area contributed by atoms with Gasteiger partial charge in [-0.3, -0.25) is 0 Å². The molecule has 0 radical (unpaired) electrons. The van der Waals surface area contributed by atoms with Crippen molar-refractivity contribution in [2.45, 2.75) is 25.7 Å². The van der Waals surface area contributed by atoms with Crippen LogP contribution in [-0.2, 0) is 12.8 Å². The average molecular weight is 393 g/mol. The number of phenolic OH excluding ortho intramolecular Hbond substituents is 1. The maximum atomic E-state index is 10.9. The van der Waals surface area contributed by atoms with Gasteiger partial charge >= 0.3 is 0 Å². The van der Waals surface area contributed by atoms with Crippen molar-refractivity contribution in [2.75, 3.05) is 18.0 Å². The number of aryl methyl sites for hydroxylation is 1. The number of rotatable bonds is 2. The highest BCUT2D eigenvalue weighted by Gasteiger charge is 2.27. The molecule has 0 atom stereocenters. The van der Waals surface area contributed by atoms with Crippen LogP contribution in [-0.4, -0.2) is 30.1 Å². The summed E-state index contributed by atoms with van der Waals surface area (Å²) in [6, 6.07) is 18.7. The molecule has 2 heterocycles. The van der Waals surface area contributed by atoms with Crippen molar-refractivity contribution in [3.05, 3.63) is 82.4 Å². The van der Waals surface area contributed by atoms with Gasteiger partial charge in [-0.25, -0.2) is 0 Å². The van der Waals surface area contributed by atoms with Crippen LogP contribution in [0.2, 0.25) is 0 Å². The Hall–Kier alpha value is -3.40. The van der Waals surface area contributed by atoms with E-state index in [1.807, 2.05) is 12.1 Å². The molecule has 0 saturated carbocycles. The van der Waals surface area contributed by atoms with Crippen molar-refractivity contribution in [3.8, 4) is 16.9 Å². The van der Waals surface area contributed by atoms with Crippen LogP contribution in [0.3, 0.4) is 0 Å². The normalized spacial score (nSPS) is 16.4. The summed E-state index contributed by atoms with van der Waals surface area (Å²) in [7, 11) is 0. The third-order valence-corrected chi connectivity index (χ3v) is 6.53. The first-order valence-electron chi connectivity index (χ1n) is 10.7. The Morgan fingerprint density at radius 2 is 1.47 bits per heavy atom. The summed E-state index contributed by atoms with van der Waals surface area (Å²) in [5.41, 5.74) is 9.97. The summed E-state index contributed by atoms with van der Waals surface area (Å²) in [4.78, 5) is 2.44. The molecule has 148 valence electrons. The topological polar surface area (TPSA) is 48.2 Å². The zero-order valence-corrected chi connectivity index (χ0v) is 16.8. The highest BCUT2D eigenvalue weighted by atomic mass is 16.3. The second kappa shape index (κ2) is 6.84. The summed E-state index contributed by atoms with van der Waals surface area (Å²) < 4.78 is 0. The van der Waals surface area contributed by atoms with E-state index in [1.165, 1.54) is 28.8 Å². The molecule has 1 aliphatic carbocycles. The van der Waals surface area contributed by atoms with E-state index >= 15 is 0 Å². The van der Waals surface area contributed by atoms with E-state index in [9.17, 15) is 5.11 Å². The third-order valence-electron chi connectivity index (χ3n) is 6.53. The minimum absolute atomic E-state index is 0.372. The monoisotopic (exact) mass is 393 g/mol. The van der Waals surface area contributed by atoms with Crippen LogP contribution in [0.25, 0.3) is 11.1 Å². The zero-order valence-electron chi connectivity index (χ0n) is 16.8. The van der Waals surface area contributed by atoms with E-state index in [-0.39, 0.29) is 0 Å². The van der Waals surface area contributed by atoms with E-state index in [1.54, 1.807) is 6.21 Å². The Bertz CT molecular complexity index is 1180. The molecule has 4 heteroatoms. The number of anilines is 1. The fourth-order valence-corrected chi connectivity index (χ4v) is 5.22. The van der Waals surface area contributed by atoms with Gasteiger partial charge in [0.1, 0.15) is 11.5 Å². The highest BCUT2D eigenvalue weighted by Crippen LogP contribution is 2.41. The molecular formula is C26H23N3O. The molecule has 3 aliphatic rings. The number of benzene rings is 3. The number of nitrogens with zero attached hydrogens (tertiary/aromatic N) is 3. The van der Waals surface area contributed by atoms with Crippen LogP contribution < -0.4 is 4.90 Å². The smallest absolute Gasteiger partial charge is 0.129 e. The molecule has 2 aliphatic heterocycles. The number of phenols is 1. The second-order valence-electron chi connectivity index (χ2n) is 8.28. The molecular weight excluding hydrogens is 370 g/mol. The van der Waals surface area contributed by atoms with Crippen molar-refractivity contribution in [3.63, 3.8) is 0 Å². The summed E-state index contributed by atoms with van der Waals surface area (Å²) in [5.74, 6) is 0.372. The lowest BCUT2D eigenvalue weighted by atomic mass is 9.89. The maximum absolute atomic E-state index is 10.9. The van der Waals surface area contributed by atoms with Gasteiger partial charge in [0.2, 0.25) is 0 Å². The van der Waals surface area contributed by atoms with E-state index < -0.39 is 0 Å². The first-order chi connectivity index (χ1) is 14.8. The second-order valence-corrected chi connectivity index (χ2v) is 8.28. The van der Waals surface area contributed by atoms with Gasteiger partial charge in [0.15, 0.2) is 0 Å². The molecule has 0 spiro atoms. The number of aromatic hydroxyl groups is 1. The van der Waals surface area contributed by atoms with Crippen LogP contribution in [0.15, 0.2) is 64.8 Å². The molecule has 0 aromatic heterocycles. The fourth-order valence-electron chi connectivity index (χ4n) is 5.22. The Kier molecular flexibility index (Phi) is 3.98. The van der Waals surface area contributed by atoms with Gasteiger partial charge in [0.25, 0.3) is 0 Å². The predicted molar refractivity (Wildman–Crippen MR) is 122 cm³/mol. The van der Waals surface area contributed by atoms with Gasteiger partial charge in [-0.15, -0.1) is 5.10 Å². The van der Waals surface area contributed by atoms with E-state index in [4.69, 9.17) is 0 Å². The van der Waals surface area contributed by atoms with Gasteiger partial charge in [-0.05, 0) is 48.4 Å². The lowest BCUT2D eigenvalue weighted by molar-refractivity contribution is 0.461. The van der Waals surface area contributed by atoms with Crippen LogP contribution in [0.1, 0.15) is 40.7 Å². The largest absolute Gasteiger partial charge is 0.507 e. The standard InChI is InChI=1S/C26H23N3O/c30-26-18(15-17-7-5-13-29-14-6-12-23(26)25(17)29)16-27-28-24-21-10-3-1-8-19(21)20-9-2-4-11-22(20)24/h1-4,8-11,15-16,30H,5-7,12-14H2/b27-16+. The molecule has 1 N–H and O–H groups in total. The maximum Gasteiger partial charge on any atom is 0.129 e. The van der Waals surface area contributed by atoms with E-state index in [0.717, 1.165) is 60.3 Å². The molecule has 0 amide bonds. The van der Waals surface area contributed by atoms with Crippen LogP contribution in [0, 0.1) is 0 Å². The minimum atomic E-state index is 0.372. The molecule has 3 aromatic rings. The summed E-state index contributed by atoms with van der Waals surface area (Å²) in [6.07, 6.45) is 5.98. The molecule has 30 heavy (non-hydrogen) atoms. The van der Waals surface area contributed by atoms with E-state index in [0.29, 0.717) is 5.75 Å². The van der Waals surface area contributed by atoms with Crippen LogP contribution in [0.5, 0.6) is 5.75 Å². The molecule has 3 aromatic carbocycles. The average Bonchev–Trinajstić information content (AvgIpc) is 3.11. The Morgan fingerprint density at radius 1 is 0.833 bits per heavy atom. The van der Waals surface area contributed by atoms with Crippen molar-refractivity contribution < 1.29 is 5.11 Å². The first-order valence-corrected chi connectivity index (χ1v) is 10.7. The Morgan fingerprint density at radius 3 is 2.17 bits per heavy atom. The predicted octanol–water partition coefficient (Wildman–Crippen LogP) is 4.94. The van der Waals surface area contributed by atoms with Gasteiger partial charge in [-0.2, -0.15) is 5.10 Å².